The van der Waals surface area contributed by atoms with Gasteiger partial charge in [-0.15, -0.1) is 0 Å². The van der Waals surface area contributed by atoms with Crippen LogP contribution in [0.4, 0.5) is 34.9 Å². The Balaban J connectivity index is 1.32. The van der Waals surface area contributed by atoms with Crippen LogP contribution < -0.4 is 25.8 Å². The van der Waals surface area contributed by atoms with E-state index in [0.717, 1.165) is 13.0 Å². The average molecular weight is 578 g/mol. The summed E-state index contributed by atoms with van der Waals surface area (Å²) in [5.41, 5.74) is 1.06. The molecule has 3 N–H and O–H groups in total. The Morgan fingerprint density at radius 1 is 1.10 bits per heavy atom. The zero-order valence-electron chi connectivity index (χ0n) is 22.2. The van der Waals surface area contributed by atoms with Gasteiger partial charge in [0.05, 0.1) is 36.4 Å². The molecule has 2 unspecified atom stereocenters. The maximum Gasteiger partial charge on any atom is 0.393 e. The lowest BCUT2D eigenvalue weighted by Crippen LogP contribution is -2.50. The lowest BCUT2D eigenvalue weighted by atomic mass is 9.84. The normalized spacial score (nSPS) is 26.6. The van der Waals surface area contributed by atoms with Crippen LogP contribution in [0.25, 0.3) is 11.1 Å². The van der Waals surface area contributed by atoms with E-state index in [4.69, 9.17) is 4.74 Å². The van der Waals surface area contributed by atoms with E-state index in [-0.39, 0.29) is 17.3 Å². The Bertz CT molecular complexity index is 1290. The van der Waals surface area contributed by atoms with Crippen LogP contribution in [-0.2, 0) is 14.3 Å². The number of alkyl halides is 3. The van der Waals surface area contributed by atoms with E-state index in [9.17, 15) is 22.8 Å². The number of nitrogens with zero attached hydrogens (tertiary/aromatic N) is 4. The summed E-state index contributed by atoms with van der Waals surface area (Å²) in [6.07, 6.45) is -1.61. The number of anilines is 3. The van der Waals surface area contributed by atoms with Gasteiger partial charge in [0.2, 0.25) is 17.8 Å². The van der Waals surface area contributed by atoms with Crippen molar-refractivity contribution >= 4 is 29.1 Å². The van der Waals surface area contributed by atoms with Crippen molar-refractivity contribution in [3.05, 3.63) is 30.3 Å². The summed E-state index contributed by atoms with van der Waals surface area (Å²) in [4.78, 5) is 37.7. The van der Waals surface area contributed by atoms with Crippen LogP contribution in [0.3, 0.4) is 0 Å². The molecule has 2 amide bonds. The van der Waals surface area contributed by atoms with Crippen LogP contribution in [0.5, 0.6) is 0 Å². The molecule has 1 aromatic carbocycles. The summed E-state index contributed by atoms with van der Waals surface area (Å²) in [5.74, 6) is -5.01. The van der Waals surface area contributed by atoms with E-state index in [1.54, 1.807) is 0 Å². The first-order valence-corrected chi connectivity index (χ1v) is 13.8. The predicted molar refractivity (Wildman–Crippen MR) is 142 cm³/mol. The zero-order chi connectivity index (χ0) is 28.7. The number of benzene rings is 1. The first kappa shape index (κ1) is 27.6. The molecule has 2 aromatic rings. The third-order valence-corrected chi connectivity index (χ3v) is 8.46. The van der Waals surface area contributed by atoms with Crippen molar-refractivity contribution in [2.24, 2.45) is 17.8 Å². The predicted octanol–water partition coefficient (Wildman–Crippen LogP) is 2.17. The second-order valence-corrected chi connectivity index (χ2v) is 11.0. The molecule has 0 spiro atoms. The summed E-state index contributed by atoms with van der Waals surface area (Å²) in [7, 11) is 0. The van der Waals surface area contributed by atoms with Crippen LogP contribution >= 0.6 is 0 Å². The monoisotopic (exact) mass is 577 g/mol. The molecule has 4 saturated heterocycles. The van der Waals surface area contributed by atoms with Crippen molar-refractivity contribution in [2.75, 3.05) is 67.6 Å². The molecular formula is C27H31F4N7O3. The number of hydrogen-bond donors (Lipinski definition) is 3. The Hall–Kier alpha value is -3.52. The number of rotatable bonds is 5. The Kier molecular flexibility index (Phi) is 7.45. The lowest BCUT2D eigenvalue weighted by Gasteiger charge is -2.32. The highest BCUT2D eigenvalue weighted by Crippen LogP contribution is 2.40. The average Bonchev–Trinajstić information content (AvgIpc) is 3.57. The number of nitrogens with one attached hydrogen (secondary N) is 3. The van der Waals surface area contributed by atoms with E-state index in [2.05, 4.69) is 25.9 Å². The van der Waals surface area contributed by atoms with Crippen molar-refractivity contribution in [1.29, 1.82) is 0 Å². The number of carbonyl (C=O) groups is 2. The highest BCUT2D eigenvalue weighted by atomic mass is 19.4. The minimum absolute atomic E-state index is 0.111. The second-order valence-electron chi connectivity index (χ2n) is 11.0. The van der Waals surface area contributed by atoms with E-state index in [1.807, 2.05) is 9.80 Å². The molecule has 6 rings (SSSR count). The van der Waals surface area contributed by atoms with Gasteiger partial charge in [0, 0.05) is 68.7 Å². The minimum atomic E-state index is -4.73. The van der Waals surface area contributed by atoms with Crippen molar-refractivity contribution in [3.63, 3.8) is 0 Å². The molecule has 41 heavy (non-hydrogen) atoms. The molecule has 5 heterocycles. The van der Waals surface area contributed by atoms with Gasteiger partial charge in [-0.05, 0) is 31.0 Å². The summed E-state index contributed by atoms with van der Waals surface area (Å²) < 4.78 is 62.3. The summed E-state index contributed by atoms with van der Waals surface area (Å²) in [5, 5.41) is 8.45. The number of morpholine rings is 1. The van der Waals surface area contributed by atoms with Gasteiger partial charge in [0.15, 0.2) is 0 Å². The molecule has 220 valence electrons. The standard InChI is InChI=1S/C27H31F4N7O3/c28-20-9-23(38-13-15-1-2-32-22(15)14-38)21(36-25(40)18-12-33-24(39)8-19(18)27(29,30)31)7-17(20)16-10-34-26(35-11-16)37-3-5-41-6-4-37/h7,9-11,15,18-19,22,32H,1-6,8,12-14H2,(H,33,39)(H,36,40)/t15-,18?,19?,22+/m0/s1. The van der Waals surface area contributed by atoms with Crippen molar-refractivity contribution in [2.45, 2.75) is 25.1 Å². The second kappa shape index (κ2) is 11.0. The molecule has 0 aliphatic carbocycles. The molecule has 4 aliphatic heterocycles. The SMILES string of the molecule is O=C1CC(C(F)(F)F)C(C(=O)Nc2cc(-c3cnc(N4CCOCC4)nc3)c(F)cc2N2C[C@@H]3CCN[C@@H]3C2)CN1. The minimum Gasteiger partial charge on any atom is -0.378 e. The molecule has 0 bridgehead atoms. The number of carbonyl (C=O) groups excluding carboxylic acids is 2. The van der Waals surface area contributed by atoms with Crippen molar-refractivity contribution in [3.8, 4) is 11.1 Å². The van der Waals surface area contributed by atoms with Crippen LogP contribution in [-0.4, -0.2) is 86.5 Å². The van der Waals surface area contributed by atoms with Gasteiger partial charge in [0.25, 0.3) is 0 Å². The summed E-state index contributed by atoms with van der Waals surface area (Å²) in [6, 6.07) is 2.96. The van der Waals surface area contributed by atoms with Gasteiger partial charge in [-0.2, -0.15) is 13.2 Å². The lowest BCUT2D eigenvalue weighted by molar-refractivity contribution is -0.197. The van der Waals surface area contributed by atoms with Gasteiger partial charge in [-0.3, -0.25) is 9.59 Å². The molecule has 4 fully saturated rings. The maximum absolute atomic E-state index is 15.6. The van der Waals surface area contributed by atoms with Gasteiger partial charge in [-0.25, -0.2) is 14.4 Å². The van der Waals surface area contributed by atoms with E-state index < -0.39 is 48.6 Å². The number of fused-ring (bicyclic) bond motifs is 1. The van der Waals surface area contributed by atoms with Crippen LogP contribution in [0.1, 0.15) is 12.8 Å². The Morgan fingerprint density at radius 3 is 2.56 bits per heavy atom. The van der Waals surface area contributed by atoms with Gasteiger partial charge in [-0.1, -0.05) is 0 Å². The molecule has 0 radical (unpaired) electrons. The van der Waals surface area contributed by atoms with E-state index in [0.29, 0.717) is 62.5 Å². The van der Waals surface area contributed by atoms with Crippen LogP contribution in [0, 0.1) is 23.6 Å². The fraction of sp³-hybridized carbons (Fsp3) is 0.556. The highest BCUT2D eigenvalue weighted by molar-refractivity contribution is 5.98. The first-order chi connectivity index (χ1) is 19.7. The van der Waals surface area contributed by atoms with Gasteiger partial charge in [0.1, 0.15) is 5.82 Å². The smallest absolute Gasteiger partial charge is 0.378 e. The van der Waals surface area contributed by atoms with Gasteiger partial charge < -0.3 is 30.5 Å². The topological polar surface area (TPSA) is 112 Å². The Labute approximate surface area is 233 Å². The van der Waals surface area contributed by atoms with Crippen molar-refractivity contribution < 1.29 is 31.9 Å². The number of ether oxygens (including phenoxy) is 1. The fourth-order valence-corrected chi connectivity index (χ4v) is 6.20. The summed E-state index contributed by atoms with van der Waals surface area (Å²) in [6.45, 7) is 4.03. The van der Waals surface area contributed by atoms with Crippen LogP contribution in [0.2, 0.25) is 0 Å². The molecule has 4 aliphatic rings. The molecule has 1 aromatic heterocycles. The first-order valence-electron chi connectivity index (χ1n) is 13.8. The zero-order valence-corrected chi connectivity index (χ0v) is 22.2. The molecule has 4 atom stereocenters. The molecule has 14 heteroatoms. The number of hydrogen-bond acceptors (Lipinski definition) is 8. The highest BCUT2D eigenvalue weighted by Gasteiger charge is 2.50. The number of amides is 2. The maximum atomic E-state index is 15.6. The number of halogens is 4. The quantitative estimate of drug-likeness (QED) is 0.464. The third-order valence-electron chi connectivity index (χ3n) is 8.46. The van der Waals surface area contributed by atoms with E-state index in [1.165, 1.54) is 24.5 Å². The number of aromatic nitrogens is 2. The van der Waals surface area contributed by atoms with Gasteiger partial charge >= 0.3 is 6.18 Å². The molecular weight excluding hydrogens is 546 g/mol. The largest absolute Gasteiger partial charge is 0.393 e. The molecule has 10 nitrogen and oxygen atoms in total. The Morgan fingerprint density at radius 2 is 1.85 bits per heavy atom. The van der Waals surface area contributed by atoms with Crippen LogP contribution in [0.15, 0.2) is 24.5 Å². The van der Waals surface area contributed by atoms with E-state index >= 15 is 4.39 Å². The summed E-state index contributed by atoms with van der Waals surface area (Å²) >= 11 is 0. The molecule has 0 saturated carbocycles. The third kappa shape index (κ3) is 5.67. The fourth-order valence-electron chi connectivity index (χ4n) is 6.20. The number of piperidine rings is 1. The van der Waals surface area contributed by atoms with Crippen molar-refractivity contribution in [1.82, 2.24) is 20.6 Å².